The zero-order chi connectivity index (χ0) is 13.7. The molecule has 2 N–H and O–H groups in total. The molecule has 5 heteroatoms. The molecule has 1 aromatic carbocycles. The first-order valence-corrected chi connectivity index (χ1v) is 6.53. The van der Waals surface area contributed by atoms with Crippen LogP contribution in [0, 0.1) is 11.7 Å². The minimum Gasteiger partial charge on any atom is -0.496 e. The molecule has 1 fully saturated rings. The van der Waals surface area contributed by atoms with Gasteiger partial charge in [-0.05, 0) is 50.0 Å². The van der Waals surface area contributed by atoms with Gasteiger partial charge in [0.05, 0.1) is 12.7 Å². The molecule has 1 atom stereocenters. The van der Waals surface area contributed by atoms with Crippen LogP contribution in [0.25, 0.3) is 0 Å². The Hall–Kier alpha value is -1.62. The van der Waals surface area contributed by atoms with E-state index in [1.807, 2.05) is 0 Å². The third kappa shape index (κ3) is 3.67. The van der Waals surface area contributed by atoms with Crippen LogP contribution in [0.1, 0.15) is 23.2 Å². The molecule has 0 aliphatic carbocycles. The van der Waals surface area contributed by atoms with Gasteiger partial charge < -0.3 is 15.4 Å². The average molecular weight is 266 g/mol. The highest BCUT2D eigenvalue weighted by Crippen LogP contribution is 2.19. The highest BCUT2D eigenvalue weighted by atomic mass is 19.1. The van der Waals surface area contributed by atoms with Gasteiger partial charge in [-0.1, -0.05) is 0 Å². The van der Waals surface area contributed by atoms with Crippen LogP contribution in [0.3, 0.4) is 0 Å². The molecule has 1 heterocycles. The molecule has 1 aliphatic rings. The van der Waals surface area contributed by atoms with Gasteiger partial charge in [0.15, 0.2) is 0 Å². The minimum absolute atomic E-state index is 0.242. The molecular weight excluding hydrogens is 247 g/mol. The van der Waals surface area contributed by atoms with Crippen molar-refractivity contribution < 1.29 is 13.9 Å². The van der Waals surface area contributed by atoms with Gasteiger partial charge in [-0.15, -0.1) is 0 Å². The Balaban J connectivity index is 1.97. The number of rotatable bonds is 4. The van der Waals surface area contributed by atoms with Gasteiger partial charge >= 0.3 is 0 Å². The zero-order valence-electron chi connectivity index (χ0n) is 11.0. The first-order valence-electron chi connectivity index (χ1n) is 6.53. The van der Waals surface area contributed by atoms with Crippen LogP contribution >= 0.6 is 0 Å². The Kier molecular flexibility index (Phi) is 4.74. The van der Waals surface area contributed by atoms with E-state index < -0.39 is 5.82 Å². The Bertz CT molecular complexity index is 445. The summed E-state index contributed by atoms with van der Waals surface area (Å²) < 4.78 is 18.3. The second kappa shape index (κ2) is 6.52. The van der Waals surface area contributed by atoms with Gasteiger partial charge in [0.2, 0.25) is 0 Å². The van der Waals surface area contributed by atoms with Gasteiger partial charge in [0.25, 0.3) is 5.91 Å². The second-order valence-corrected chi connectivity index (χ2v) is 4.77. The summed E-state index contributed by atoms with van der Waals surface area (Å²) in [7, 11) is 1.47. The summed E-state index contributed by atoms with van der Waals surface area (Å²) in [5.41, 5.74) is 0.242. The highest BCUT2D eigenvalue weighted by molar-refractivity contribution is 5.96. The average Bonchev–Trinajstić information content (AvgIpc) is 2.46. The molecule has 0 radical (unpaired) electrons. The number of hydrogen-bond donors (Lipinski definition) is 2. The number of amides is 1. The number of piperidine rings is 1. The Labute approximate surface area is 112 Å². The Morgan fingerprint density at radius 1 is 1.58 bits per heavy atom. The van der Waals surface area contributed by atoms with E-state index in [0.717, 1.165) is 25.9 Å². The molecule has 0 spiro atoms. The number of halogens is 1. The fourth-order valence-electron chi connectivity index (χ4n) is 2.29. The maximum Gasteiger partial charge on any atom is 0.255 e. The van der Waals surface area contributed by atoms with E-state index in [-0.39, 0.29) is 11.5 Å². The lowest BCUT2D eigenvalue weighted by atomic mass is 9.99. The van der Waals surface area contributed by atoms with E-state index in [9.17, 15) is 9.18 Å². The van der Waals surface area contributed by atoms with Gasteiger partial charge in [0.1, 0.15) is 11.6 Å². The summed E-state index contributed by atoms with van der Waals surface area (Å²) in [4.78, 5) is 12.0. The molecular formula is C14H19FN2O2. The van der Waals surface area contributed by atoms with Crippen LogP contribution in [0.5, 0.6) is 5.75 Å². The molecule has 1 unspecified atom stereocenters. The number of carbonyl (C=O) groups is 1. The van der Waals surface area contributed by atoms with Crippen molar-refractivity contribution in [2.45, 2.75) is 12.8 Å². The van der Waals surface area contributed by atoms with E-state index in [1.54, 1.807) is 0 Å². The monoisotopic (exact) mass is 266 g/mol. The normalized spacial score (nSPS) is 18.9. The molecule has 0 aromatic heterocycles. The first-order chi connectivity index (χ1) is 9.20. The Morgan fingerprint density at radius 3 is 3.11 bits per heavy atom. The summed E-state index contributed by atoms with van der Waals surface area (Å²) >= 11 is 0. The second-order valence-electron chi connectivity index (χ2n) is 4.77. The maximum absolute atomic E-state index is 13.2. The van der Waals surface area contributed by atoms with Gasteiger partial charge in [0, 0.05) is 6.54 Å². The number of benzene rings is 1. The van der Waals surface area contributed by atoms with E-state index in [2.05, 4.69) is 10.6 Å². The molecule has 4 nitrogen and oxygen atoms in total. The van der Waals surface area contributed by atoms with E-state index in [4.69, 9.17) is 4.74 Å². The summed E-state index contributed by atoms with van der Waals surface area (Å²) in [6.07, 6.45) is 2.23. The fourth-order valence-corrected chi connectivity index (χ4v) is 2.29. The number of carbonyl (C=O) groups excluding carboxylic acids is 1. The van der Waals surface area contributed by atoms with Crippen molar-refractivity contribution in [1.29, 1.82) is 0 Å². The molecule has 0 saturated carbocycles. The first kappa shape index (κ1) is 13.8. The summed E-state index contributed by atoms with van der Waals surface area (Å²) in [5.74, 6) is 0.102. The summed E-state index contributed by atoms with van der Waals surface area (Å²) in [6.45, 7) is 2.56. The molecule has 1 aliphatic heterocycles. The van der Waals surface area contributed by atoms with Crippen molar-refractivity contribution in [1.82, 2.24) is 10.6 Å². The fraction of sp³-hybridized carbons (Fsp3) is 0.500. The van der Waals surface area contributed by atoms with Gasteiger partial charge in [-0.2, -0.15) is 0 Å². The lowest BCUT2D eigenvalue weighted by molar-refractivity contribution is 0.0941. The van der Waals surface area contributed by atoms with Crippen molar-refractivity contribution in [2.24, 2.45) is 5.92 Å². The molecule has 1 amide bonds. The summed E-state index contributed by atoms with van der Waals surface area (Å²) in [6, 6.07) is 3.94. The van der Waals surface area contributed by atoms with Crippen molar-refractivity contribution in [3.63, 3.8) is 0 Å². The molecule has 0 bridgehead atoms. The van der Waals surface area contributed by atoms with Crippen LogP contribution in [-0.4, -0.2) is 32.7 Å². The van der Waals surface area contributed by atoms with E-state index in [1.165, 1.54) is 25.3 Å². The number of nitrogens with one attached hydrogen (secondary N) is 2. The highest BCUT2D eigenvalue weighted by Gasteiger charge is 2.17. The number of ether oxygens (including phenoxy) is 1. The predicted octanol–water partition coefficient (Wildman–Crippen LogP) is 1.56. The minimum atomic E-state index is -0.440. The van der Waals surface area contributed by atoms with E-state index in [0.29, 0.717) is 18.2 Å². The van der Waals surface area contributed by atoms with Gasteiger partial charge in [-0.25, -0.2) is 4.39 Å². The molecule has 19 heavy (non-hydrogen) atoms. The van der Waals surface area contributed by atoms with Crippen molar-refractivity contribution >= 4 is 5.91 Å². The van der Waals surface area contributed by atoms with Crippen molar-refractivity contribution in [3.05, 3.63) is 29.6 Å². The standard InChI is InChI=1S/C14H19FN2O2/c1-19-13-5-4-11(15)7-12(13)14(18)17-9-10-3-2-6-16-8-10/h4-5,7,10,16H,2-3,6,8-9H2,1H3,(H,17,18). The van der Waals surface area contributed by atoms with Crippen LogP contribution in [-0.2, 0) is 0 Å². The Morgan fingerprint density at radius 2 is 2.42 bits per heavy atom. The third-order valence-corrected chi connectivity index (χ3v) is 3.36. The lowest BCUT2D eigenvalue weighted by Gasteiger charge is -2.23. The molecule has 1 saturated heterocycles. The van der Waals surface area contributed by atoms with Crippen LogP contribution in [0.4, 0.5) is 4.39 Å². The smallest absolute Gasteiger partial charge is 0.255 e. The topological polar surface area (TPSA) is 50.4 Å². The molecule has 1 aromatic rings. The SMILES string of the molecule is COc1ccc(F)cc1C(=O)NCC1CCCNC1. The van der Waals surface area contributed by atoms with Crippen LogP contribution in [0.15, 0.2) is 18.2 Å². The predicted molar refractivity (Wildman–Crippen MR) is 70.9 cm³/mol. The molecule has 2 rings (SSSR count). The number of methoxy groups -OCH3 is 1. The van der Waals surface area contributed by atoms with Crippen molar-refractivity contribution in [3.8, 4) is 5.75 Å². The molecule has 104 valence electrons. The largest absolute Gasteiger partial charge is 0.496 e. The summed E-state index contributed by atoms with van der Waals surface area (Å²) in [5, 5.41) is 6.14. The van der Waals surface area contributed by atoms with Crippen LogP contribution < -0.4 is 15.4 Å². The maximum atomic E-state index is 13.2. The van der Waals surface area contributed by atoms with Crippen LogP contribution in [0.2, 0.25) is 0 Å². The lowest BCUT2D eigenvalue weighted by Crippen LogP contribution is -2.38. The zero-order valence-corrected chi connectivity index (χ0v) is 11.0. The van der Waals surface area contributed by atoms with Gasteiger partial charge in [-0.3, -0.25) is 4.79 Å². The third-order valence-electron chi connectivity index (χ3n) is 3.36. The van der Waals surface area contributed by atoms with Crippen molar-refractivity contribution in [2.75, 3.05) is 26.7 Å². The van der Waals surface area contributed by atoms with E-state index >= 15 is 0 Å². The quantitative estimate of drug-likeness (QED) is 0.869. The number of hydrogen-bond acceptors (Lipinski definition) is 3.